The minimum absolute atomic E-state index is 0.0339. The van der Waals surface area contributed by atoms with E-state index in [1.807, 2.05) is 0 Å². The third-order valence-corrected chi connectivity index (χ3v) is 8.69. The summed E-state index contributed by atoms with van der Waals surface area (Å²) in [4.78, 5) is 24.1. The fourth-order valence-electron chi connectivity index (χ4n) is 6.26. The SMILES string of the molecule is CC(=O)Oc1c(C(=O)O)ccc(NCc2cc(C(F)(F)F)ccc2O)c1C1CC2CCC1(C)C2(C)C. The van der Waals surface area contributed by atoms with Crippen molar-refractivity contribution in [2.24, 2.45) is 16.7 Å². The molecule has 0 radical (unpaired) electrons. The van der Waals surface area contributed by atoms with Gasteiger partial charge in [0.25, 0.3) is 0 Å². The minimum Gasteiger partial charge on any atom is -0.508 e. The summed E-state index contributed by atoms with van der Waals surface area (Å²) in [5.41, 5.74) is -0.263. The Balaban J connectivity index is 1.82. The van der Waals surface area contributed by atoms with E-state index in [9.17, 15) is 33.0 Å². The van der Waals surface area contributed by atoms with Crippen LogP contribution in [0.2, 0.25) is 0 Å². The van der Waals surface area contributed by atoms with Gasteiger partial charge in [0.15, 0.2) is 5.75 Å². The number of rotatable bonds is 6. The summed E-state index contributed by atoms with van der Waals surface area (Å²) in [6, 6.07) is 5.56. The van der Waals surface area contributed by atoms with Gasteiger partial charge in [-0.1, -0.05) is 20.8 Å². The number of aromatic carboxylic acids is 1. The summed E-state index contributed by atoms with van der Waals surface area (Å²) in [5, 5.41) is 23.1. The number of alkyl halides is 3. The molecule has 4 rings (SSSR count). The van der Waals surface area contributed by atoms with Crippen LogP contribution in [0.15, 0.2) is 30.3 Å². The van der Waals surface area contributed by atoms with E-state index in [0.717, 1.165) is 37.5 Å². The van der Waals surface area contributed by atoms with Crippen LogP contribution in [0.4, 0.5) is 18.9 Å². The van der Waals surface area contributed by atoms with Gasteiger partial charge in [-0.25, -0.2) is 4.79 Å². The number of benzene rings is 2. The second-order valence-corrected chi connectivity index (χ2v) is 10.7. The predicted octanol–water partition coefficient (Wildman–Crippen LogP) is 6.58. The average molecular weight is 506 g/mol. The molecule has 2 aliphatic carbocycles. The van der Waals surface area contributed by atoms with Crippen molar-refractivity contribution in [2.45, 2.75) is 65.6 Å². The van der Waals surface area contributed by atoms with Crippen molar-refractivity contribution in [3.8, 4) is 11.5 Å². The molecule has 2 aliphatic rings. The highest BCUT2D eigenvalue weighted by atomic mass is 19.4. The summed E-state index contributed by atoms with van der Waals surface area (Å²) >= 11 is 0. The Morgan fingerprint density at radius 2 is 1.86 bits per heavy atom. The van der Waals surface area contributed by atoms with Crippen LogP contribution in [-0.4, -0.2) is 22.2 Å². The van der Waals surface area contributed by atoms with Gasteiger partial charge in [-0.3, -0.25) is 4.79 Å². The highest BCUT2D eigenvalue weighted by molar-refractivity contribution is 5.94. The normalized spacial score (nSPS) is 24.5. The number of carboxylic acid groups (broad SMARTS) is 1. The summed E-state index contributed by atoms with van der Waals surface area (Å²) in [5.74, 6) is -2.00. The molecule has 0 aliphatic heterocycles. The Hall–Kier alpha value is -3.23. The van der Waals surface area contributed by atoms with E-state index in [2.05, 4.69) is 26.1 Å². The molecule has 3 atom stereocenters. The van der Waals surface area contributed by atoms with Crippen molar-refractivity contribution in [3.05, 3.63) is 52.6 Å². The van der Waals surface area contributed by atoms with Gasteiger partial charge in [-0.15, -0.1) is 0 Å². The summed E-state index contributed by atoms with van der Waals surface area (Å²) in [6.07, 6.45) is -1.84. The molecule has 0 spiro atoms. The summed E-state index contributed by atoms with van der Waals surface area (Å²) in [7, 11) is 0. The number of nitrogens with one attached hydrogen (secondary N) is 1. The lowest BCUT2D eigenvalue weighted by Crippen LogP contribution is -2.32. The molecule has 3 unspecified atom stereocenters. The van der Waals surface area contributed by atoms with Crippen molar-refractivity contribution in [1.29, 1.82) is 0 Å². The van der Waals surface area contributed by atoms with Crippen LogP contribution < -0.4 is 10.1 Å². The minimum atomic E-state index is -4.57. The van der Waals surface area contributed by atoms with Gasteiger partial charge < -0.3 is 20.3 Å². The number of carbonyl (C=O) groups is 2. The van der Waals surface area contributed by atoms with Crippen molar-refractivity contribution in [2.75, 3.05) is 5.32 Å². The molecule has 3 N–H and O–H groups in total. The zero-order valence-corrected chi connectivity index (χ0v) is 20.6. The van der Waals surface area contributed by atoms with Gasteiger partial charge in [0, 0.05) is 30.3 Å². The lowest BCUT2D eigenvalue weighted by molar-refractivity contribution is -0.137. The van der Waals surface area contributed by atoms with E-state index in [0.29, 0.717) is 17.2 Å². The van der Waals surface area contributed by atoms with Gasteiger partial charge >= 0.3 is 18.1 Å². The highest BCUT2D eigenvalue weighted by Crippen LogP contribution is 2.72. The number of aromatic hydroxyl groups is 1. The number of hydrogen-bond donors (Lipinski definition) is 3. The summed E-state index contributed by atoms with van der Waals surface area (Å²) < 4.78 is 45.2. The molecule has 2 aromatic rings. The molecule has 0 aromatic heterocycles. The van der Waals surface area contributed by atoms with Crippen LogP contribution in [0.25, 0.3) is 0 Å². The molecule has 2 aromatic carbocycles. The van der Waals surface area contributed by atoms with E-state index in [1.54, 1.807) is 6.07 Å². The second-order valence-electron chi connectivity index (χ2n) is 10.7. The number of halogens is 3. The largest absolute Gasteiger partial charge is 0.508 e. The Labute approximate surface area is 207 Å². The van der Waals surface area contributed by atoms with Crippen LogP contribution in [0.5, 0.6) is 11.5 Å². The fourth-order valence-corrected chi connectivity index (χ4v) is 6.26. The van der Waals surface area contributed by atoms with E-state index in [1.165, 1.54) is 13.0 Å². The predicted molar refractivity (Wildman–Crippen MR) is 127 cm³/mol. The first-order valence-corrected chi connectivity index (χ1v) is 11.9. The molecule has 0 saturated heterocycles. The maximum absolute atomic E-state index is 13.2. The first-order chi connectivity index (χ1) is 16.7. The standard InChI is InChI=1S/C27H30F3NO5/c1-14(32)36-23-18(24(34)35)6-7-20(22(23)19-12-16-9-10-26(19,4)25(16,2)3)31-13-15-11-17(27(28,29)30)5-8-21(15)33/h5-8,11,16,19,31,33H,9-10,12-13H2,1-4H3,(H,34,35). The van der Waals surface area contributed by atoms with Crippen LogP contribution in [0.3, 0.4) is 0 Å². The Kier molecular flexibility index (Phi) is 6.25. The number of phenolic OH excluding ortho intramolecular Hbond substituents is 1. The van der Waals surface area contributed by atoms with E-state index >= 15 is 0 Å². The van der Waals surface area contributed by atoms with Crippen molar-refractivity contribution >= 4 is 17.6 Å². The van der Waals surface area contributed by atoms with Crippen LogP contribution >= 0.6 is 0 Å². The Bertz CT molecular complexity index is 1220. The molecule has 6 nitrogen and oxygen atoms in total. The average Bonchev–Trinajstić information content (AvgIpc) is 3.10. The zero-order valence-electron chi connectivity index (χ0n) is 20.6. The number of carbonyl (C=O) groups excluding carboxylic acids is 1. The van der Waals surface area contributed by atoms with Crippen molar-refractivity contribution in [3.63, 3.8) is 0 Å². The molecule has 2 saturated carbocycles. The molecule has 194 valence electrons. The lowest BCUT2D eigenvalue weighted by Gasteiger charge is -2.40. The van der Waals surface area contributed by atoms with E-state index in [-0.39, 0.29) is 45.9 Å². The topological polar surface area (TPSA) is 95.9 Å². The number of hydrogen-bond acceptors (Lipinski definition) is 5. The maximum Gasteiger partial charge on any atom is 0.416 e. The number of phenols is 1. The van der Waals surface area contributed by atoms with E-state index < -0.39 is 23.7 Å². The van der Waals surface area contributed by atoms with Crippen LogP contribution in [-0.2, 0) is 17.5 Å². The maximum atomic E-state index is 13.2. The molecular formula is C27H30F3NO5. The van der Waals surface area contributed by atoms with Gasteiger partial charge in [0.2, 0.25) is 0 Å². The van der Waals surface area contributed by atoms with E-state index in [4.69, 9.17) is 4.74 Å². The quantitative estimate of drug-likeness (QED) is 0.303. The molecule has 2 fully saturated rings. The third-order valence-electron chi connectivity index (χ3n) is 8.69. The number of esters is 1. The molecule has 0 heterocycles. The van der Waals surface area contributed by atoms with Gasteiger partial charge in [-0.2, -0.15) is 13.2 Å². The smallest absolute Gasteiger partial charge is 0.416 e. The lowest BCUT2D eigenvalue weighted by atomic mass is 9.64. The number of carboxylic acids is 1. The second kappa shape index (κ2) is 8.71. The van der Waals surface area contributed by atoms with Crippen molar-refractivity contribution in [1.82, 2.24) is 0 Å². The summed E-state index contributed by atoms with van der Waals surface area (Å²) in [6.45, 7) is 7.61. The third kappa shape index (κ3) is 4.18. The first-order valence-electron chi connectivity index (χ1n) is 11.9. The van der Waals surface area contributed by atoms with Crippen LogP contribution in [0.1, 0.15) is 79.9 Å². The zero-order chi connectivity index (χ0) is 26.6. The number of ether oxygens (including phenoxy) is 1. The Morgan fingerprint density at radius 3 is 2.39 bits per heavy atom. The molecule has 36 heavy (non-hydrogen) atoms. The monoisotopic (exact) mass is 505 g/mol. The van der Waals surface area contributed by atoms with Crippen LogP contribution in [0, 0.1) is 16.7 Å². The number of anilines is 1. The fraction of sp³-hybridized carbons (Fsp3) is 0.481. The molecule has 2 bridgehead atoms. The van der Waals surface area contributed by atoms with Gasteiger partial charge in [0.1, 0.15) is 11.3 Å². The molecule has 0 amide bonds. The van der Waals surface area contributed by atoms with Crippen molar-refractivity contribution < 1.29 is 37.7 Å². The molecule has 9 heteroatoms. The van der Waals surface area contributed by atoms with Gasteiger partial charge in [-0.05, 0) is 72.3 Å². The van der Waals surface area contributed by atoms with Gasteiger partial charge in [0.05, 0.1) is 5.56 Å². The Morgan fingerprint density at radius 1 is 1.17 bits per heavy atom. The molecular weight excluding hydrogens is 475 g/mol. The first kappa shape index (κ1) is 25.9. The highest BCUT2D eigenvalue weighted by Gasteiger charge is 2.62. The number of fused-ring (bicyclic) bond motifs is 2.